The second-order valence-electron chi connectivity index (χ2n) is 4.63. The number of aromatic hydroxyl groups is 1. The van der Waals surface area contributed by atoms with E-state index in [1.165, 1.54) is 18.2 Å². The van der Waals surface area contributed by atoms with Crippen molar-refractivity contribution in [1.82, 2.24) is 4.90 Å². The van der Waals surface area contributed by atoms with Crippen molar-refractivity contribution in [3.05, 3.63) is 28.8 Å². The van der Waals surface area contributed by atoms with Gasteiger partial charge in [-0.1, -0.05) is 11.6 Å². The van der Waals surface area contributed by atoms with Gasteiger partial charge >= 0.3 is 0 Å². The quantitative estimate of drug-likeness (QED) is 0.858. The molecule has 1 aliphatic heterocycles. The maximum atomic E-state index is 12.4. The number of ether oxygens (including phenoxy) is 1. The van der Waals surface area contributed by atoms with Crippen molar-refractivity contribution in [2.75, 3.05) is 19.7 Å². The van der Waals surface area contributed by atoms with E-state index in [2.05, 4.69) is 0 Å². The summed E-state index contributed by atoms with van der Waals surface area (Å²) in [4.78, 5) is 14.0. The summed E-state index contributed by atoms with van der Waals surface area (Å²) in [5.74, 6) is -0.276. The van der Waals surface area contributed by atoms with Crippen LogP contribution in [0.5, 0.6) is 5.75 Å². The molecular formula is C13H16ClNO4. The molecule has 0 aliphatic carbocycles. The van der Waals surface area contributed by atoms with Crippen LogP contribution in [0.15, 0.2) is 18.2 Å². The van der Waals surface area contributed by atoms with Gasteiger partial charge in [0.05, 0.1) is 29.4 Å². The van der Waals surface area contributed by atoms with Crippen molar-refractivity contribution in [1.29, 1.82) is 0 Å². The number of amides is 1. The molecule has 0 radical (unpaired) electrons. The second-order valence-corrected chi connectivity index (χ2v) is 5.03. The van der Waals surface area contributed by atoms with E-state index in [0.29, 0.717) is 18.1 Å². The molecule has 1 fully saturated rings. The smallest absolute Gasteiger partial charge is 0.255 e. The molecule has 2 unspecified atom stereocenters. The van der Waals surface area contributed by atoms with E-state index in [1.807, 2.05) is 6.92 Å². The average Bonchev–Trinajstić information content (AvgIpc) is 2.40. The number of carbonyl (C=O) groups excluding carboxylic acids is 1. The Kier molecular flexibility index (Phi) is 4.29. The third-order valence-corrected chi connectivity index (χ3v) is 3.33. The molecule has 1 amide bonds. The lowest BCUT2D eigenvalue weighted by molar-refractivity contribution is -0.0858. The van der Waals surface area contributed by atoms with Crippen molar-refractivity contribution in [3.63, 3.8) is 0 Å². The highest BCUT2D eigenvalue weighted by Gasteiger charge is 2.29. The molecule has 0 spiro atoms. The predicted octanol–water partition coefficient (Wildman–Crippen LogP) is 1.27. The fourth-order valence-electron chi connectivity index (χ4n) is 2.16. The first-order valence-corrected chi connectivity index (χ1v) is 6.43. The van der Waals surface area contributed by atoms with Gasteiger partial charge < -0.3 is 19.8 Å². The zero-order valence-corrected chi connectivity index (χ0v) is 11.3. The van der Waals surface area contributed by atoms with Crippen LogP contribution in [0, 0.1) is 0 Å². The number of aliphatic hydroxyl groups excluding tert-OH is 1. The Balaban J connectivity index is 2.21. The first-order valence-electron chi connectivity index (χ1n) is 6.05. The summed E-state index contributed by atoms with van der Waals surface area (Å²) in [6.45, 7) is 2.45. The number of rotatable bonds is 2. The Bertz CT molecular complexity index is 480. The molecule has 0 aromatic heterocycles. The topological polar surface area (TPSA) is 70.0 Å². The lowest BCUT2D eigenvalue weighted by atomic mass is 10.1. The molecular weight excluding hydrogens is 270 g/mol. The molecule has 2 atom stereocenters. The summed E-state index contributed by atoms with van der Waals surface area (Å²) in [6.07, 6.45) is -0.533. The number of morpholine rings is 1. The molecule has 1 heterocycles. The van der Waals surface area contributed by atoms with Crippen LogP contribution >= 0.6 is 11.6 Å². The molecule has 104 valence electrons. The van der Waals surface area contributed by atoms with Crippen LogP contribution in [-0.4, -0.2) is 52.9 Å². The third-order valence-electron chi connectivity index (χ3n) is 3.00. The van der Waals surface area contributed by atoms with Gasteiger partial charge in [-0.25, -0.2) is 0 Å². The SMILES string of the molecule is CC1CN(C(=O)c2cc(O)ccc2Cl)CC(CO)O1. The van der Waals surface area contributed by atoms with Crippen LogP contribution in [0.1, 0.15) is 17.3 Å². The summed E-state index contributed by atoms with van der Waals surface area (Å²) in [5, 5.41) is 18.9. The predicted molar refractivity (Wildman–Crippen MR) is 70.4 cm³/mol. The molecule has 1 saturated heterocycles. The average molecular weight is 286 g/mol. The van der Waals surface area contributed by atoms with E-state index >= 15 is 0 Å². The molecule has 1 aromatic rings. The number of hydrogen-bond donors (Lipinski definition) is 2. The number of carbonyl (C=O) groups is 1. The van der Waals surface area contributed by atoms with Crippen LogP contribution in [0.3, 0.4) is 0 Å². The van der Waals surface area contributed by atoms with Gasteiger partial charge in [0.15, 0.2) is 0 Å². The van der Waals surface area contributed by atoms with Gasteiger partial charge in [-0.15, -0.1) is 0 Å². The van der Waals surface area contributed by atoms with E-state index in [9.17, 15) is 9.90 Å². The summed E-state index contributed by atoms with van der Waals surface area (Å²) in [5.41, 5.74) is 0.257. The Morgan fingerprint density at radius 3 is 2.95 bits per heavy atom. The van der Waals surface area contributed by atoms with Gasteiger partial charge in [0.2, 0.25) is 0 Å². The fraction of sp³-hybridized carbons (Fsp3) is 0.462. The lowest BCUT2D eigenvalue weighted by Gasteiger charge is -2.36. The standard InChI is InChI=1S/C13H16ClNO4/c1-8-5-15(6-10(7-16)19-8)13(18)11-4-9(17)2-3-12(11)14/h2-4,8,10,16-17H,5-7H2,1H3. The third kappa shape index (κ3) is 3.18. The van der Waals surface area contributed by atoms with E-state index in [4.69, 9.17) is 21.4 Å². The molecule has 1 aliphatic rings. The van der Waals surface area contributed by atoms with Crippen molar-refractivity contribution in [3.8, 4) is 5.75 Å². The van der Waals surface area contributed by atoms with E-state index in [-0.39, 0.29) is 36.0 Å². The minimum Gasteiger partial charge on any atom is -0.508 e. The van der Waals surface area contributed by atoms with Crippen molar-refractivity contribution >= 4 is 17.5 Å². The summed E-state index contributed by atoms with van der Waals surface area (Å²) in [6, 6.07) is 4.26. The van der Waals surface area contributed by atoms with Crippen LogP contribution in [-0.2, 0) is 4.74 Å². The number of halogens is 1. The summed E-state index contributed by atoms with van der Waals surface area (Å²) < 4.78 is 5.48. The monoisotopic (exact) mass is 285 g/mol. The Labute approximate surface area is 116 Å². The highest BCUT2D eigenvalue weighted by atomic mass is 35.5. The lowest BCUT2D eigenvalue weighted by Crippen LogP contribution is -2.50. The van der Waals surface area contributed by atoms with Gasteiger partial charge in [0.1, 0.15) is 5.75 Å². The highest BCUT2D eigenvalue weighted by Crippen LogP contribution is 2.24. The molecule has 5 nitrogen and oxygen atoms in total. The molecule has 2 N–H and O–H groups in total. The first kappa shape index (κ1) is 14.1. The van der Waals surface area contributed by atoms with E-state index in [1.54, 1.807) is 4.90 Å². The number of phenols is 1. The fourth-order valence-corrected chi connectivity index (χ4v) is 2.36. The molecule has 6 heteroatoms. The van der Waals surface area contributed by atoms with E-state index in [0.717, 1.165) is 0 Å². The van der Waals surface area contributed by atoms with Gasteiger partial charge in [-0.2, -0.15) is 0 Å². The van der Waals surface area contributed by atoms with Crippen molar-refractivity contribution in [2.45, 2.75) is 19.1 Å². The minimum absolute atomic E-state index is 0.00670. The van der Waals surface area contributed by atoms with Gasteiger partial charge in [-0.3, -0.25) is 4.79 Å². The minimum atomic E-state index is -0.385. The number of aliphatic hydroxyl groups is 1. The maximum absolute atomic E-state index is 12.4. The molecule has 0 bridgehead atoms. The number of hydrogen-bond acceptors (Lipinski definition) is 4. The second kappa shape index (κ2) is 5.77. The summed E-state index contributed by atoms with van der Waals surface area (Å²) in [7, 11) is 0. The largest absolute Gasteiger partial charge is 0.508 e. The van der Waals surface area contributed by atoms with Gasteiger partial charge in [0, 0.05) is 13.1 Å². The number of benzene rings is 1. The van der Waals surface area contributed by atoms with Crippen LogP contribution in [0.4, 0.5) is 0 Å². The van der Waals surface area contributed by atoms with Crippen LogP contribution < -0.4 is 0 Å². The summed E-state index contributed by atoms with van der Waals surface area (Å²) >= 11 is 5.98. The van der Waals surface area contributed by atoms with Gasteiger partial charge in [-0.05, 0) is 25.1 Å². The zero-order valence-electron chi connectivity index (χ0n) is 10.5. The first-order chi connectivity index (χ1) is 9.01. The zero-order chi connectivity index (χ0) is 14.0. The molecule has 2 rings (SSSR count). The Morgan fingerprint density at radius 2 is 2.26 bits per heavy atom. The molecule has 0 saturated carbocycles. The van der Waals surface area contributed by atoms with Crippen molar-refractivity contribution in [2.24, 2.45) is 0 Å². The van der Waals surface area contributed by atoms with Gasteiger partial charge in [0.25, 0.3) is 5.91 Å². The Hall–Kier alpha value is -1.30. The maximum Gasteiger partial charge on any atom is 0.255 e. The normalized spacial score (nSPS) is 23.4. The van der Waals surface area contributed by atoms with Crippen LogP contribution in [0.25, 0.3) is 0 Å². The molecule has 19 heavy (non-hydrogen) atoms. The van der Waals surface area contributed by atoms with Crippen molar-refractivity contribution < 1.29 is 19.7 Å². The van der Waals surface area contributed by atoms with E-state index < -0.39 is 0 Å². The number of nitrogens with zero attached hydrogens (tertiary/aromatic N) is 1. The number of phenolic OH excluding ortho intramolecular Hbond substituents is 1. The molecule has 1 aromatic carbocycles. The van der Waals surface area contributed by atoms with Crippen LogP contribution in [0.2, 0.25) is 5.02 Å². The highest BCUT2D eigenvalue weighted by molar-refractivity contribution is 6.33. The Morgan fingerprint density at radius 1 is 1.53 bits per heavy atom.